The molecule has 0 saturated carbocycles. The van der Waals surface area contributed by atoms with Crippen LogP contribution in [0, 0.1) is 5.92 Å². The van der Waals surface area contributed by atoms with Crippen molar-refractivity contribution in [3.63, 3.8) is 0 Å². The molecule has 0 radical (unpaired) electrons. The van der Waals surface area contributed by atoms with Crippen molar-refractivity contribution in [1.29, 1.82) is 0 Å². The van der Waals surface area contributed by atoms with Gasteiger partial charge in [0.05, 0.1) is 12.5 Å². The highest BCUT2D eigenvalue weighted by atomic mass is 32.1. The quantitative estimate of drug-likeness (QED) is 0.780. The Morgan fingerprint density at radius 2 is 2.14 bits per heavy atom. The summed E-state index contributed by atoms with van der Waals surface area (Å²) in [7, 11) is 0. The van der Waals surface area contributed by atoms with Crippen LogP contribution in [0.15, 0.2) is 16.0 Å². The van der Waals surface area contributed by atoms with Crippen molar-refractivity contribution in [1.82, 2.24) is 14.9 Å². The van der Waals surface area contributed by atoms with Gasteiger partial charge in [-0.3, -0.25) is 14.5 Å². The minimum absolute atomic E-state index is 0.0219. The number of thiazole rings is 1. The second kappa shape index (κ2) is 7.29. The van der Waals surface area contributed by atoms with E-state index < -0.39 is 0 Å². The Labute approximate surface area is 166 Å². The van der Waals surface area contributed by atoms with Gasteiger partial charge in [-0.1, -0.05) is 0 Å². The van der Waals surface area contributed by atoms with Crippen molar-refractivity contribution in [2.75, 3.05) is 31.2 Å². The van der Waals surface area contributed by atoms with Crippen LogP contribution in [0.2, 0.25) is 0 Å². The highest BCUT2D eigenvalue weighted by molar-refractivity contribution is 7.13. The van der Waals surface area contributed by atoms with Gasteiger partial charge in [0, 0.05) is 56.6 Å². The maximum atomic E-state index is 13.0. The van der Waals surface area contributed by atoms with Gasteiger partial charge in [-0.25, -0.2) is 9.97 Å². The lowest BCUT2D eigenvalue weighted by atomic mass is 10.0. The lowest BCUT2D eigenvalue weighted by Gasteiger charge is -2.27. The zero-order valence-electron chi connectivity index (χ0n) is 15.5. The third-order valence-electron chi connectivity index (χ3n) is 5.75. The number of hydrogen-bond donors (Lipinski definition) is 0. The number of nitrogens with zero attached hydrogens (tertiary/aromatic N) is 4. The van der Waals surface area contributed by atoms with E-state index in [1.807, 2.05) is 10.3 Å². The predicted molar refractivity (Wildman–Crippen MR) is 101 cm³/mol. The number of fused-ring (bicyclic) bond motifs is 1. The molecule has 0 aliphatic carbocycles. The summed E-state index contributed by atoms with van der Waals surface area (Å²) < 4.78 is 11.4. The molecule has 0 aromatic carbocycles. The molecule has 5 heterocycles. The van der Waals surface area contributed by atoms with Gasteiger partial charge in [-0.05, 0) is 12.8 Å². The van der Waals surface area contributed by atoms with Crippen LogP contribution in [0.25, 0.3) is 0 Å². The Morgan fingerprint density at radius 1 is 1.29 bits per heavy atom. The van der Waals surface area contributed by atoms with E-state index in [9.17, 15) is 9.59 Å². The Morgan fingerprint density at radius 3 is 2.93 bits per heavy atom. The maximum absolute atomic E-state index is 13.0. The molecule has 9 heteroatoms. The second-order valence-corrected chi connectivity index (χ2v) is 8.41. The van der Waals surface area contributed by atoms with E-state index in [0.717, 1.165) is 43.4 Å². The normalized spacial score (nSPS) is 23.3. The van der Waals surface area contributed by atoms with Gasteiger partial charge in [0.15, 0.2) is 11.0 Å². The number of anilines is 1. The molecule has 0 bridgehead atoms. The first-order valence-corrected chi connectivity index (χ1v) is 10.6. The first kappa shape index (κ1) is 17.8. The summed E-state index contributed by atoms with van der Waals surface area (Å²) in [6.45, 7) is 2.96. The van der Waals surface area contributed by atoms with Crippen LogP contribution in [0.4, 0.5) is 5.13 Å². The van der Waals surface area contributed by atoms with Crippen LogP contribution < -0.4 is 4.90 Å². The first-order valence-electron chi connectivity index (χ1n) is 9.74. The molecule has 0 spiro atoms. The number of ether oxygens (including phenoxy) is 1. The average molecular weight is 402 g/mol. The fourth-order valence-electron chi connectivity index (χ4n) is 4.19. The first-order chi connectivity index (χ1) is 13.7. The minimum atomic E-state index is -0.320. The average Bonchev–Trinajstić information content (AvgIpc) is 3.46. The van der Waals surface area contributed by atoms with Crippen LogP contribution in [0.3, 0.4) is 0 Å². The molecule has 28 heavy (non-hydrogen) atoms. The third kappa shape index (κ3) is 3.22. The van der Waals surface area contributed by atoms with Crippen LogP contribution in [0.1, 0.15) is 42.5 Å². The molecule has 1 atom stereocenters. The van der Waals surface area contributed by atoms with Crippen LogP contribution in [0.5, 0.6) is 0 Å². The van der Waals surface area contributed by atoms with E-state index >= 15 is 0 Å². The van der Waals surface area contributed by atoms with Gasteiger partial charge in [-0.15, -0.1) is 11.3 Å². The summed E-state index contributed by atoms with van der Waals surface area (Å²) in [6, 6.07) is 0. The number of carbonyl (C=O) groups is 2. The fourth-order valence-corrected chi connectivity index (χ4v) is 4.86. The summed E-state index contributed by atoms with van der Waals surface area (Å²) >= 11 is 1.42. The van der Waals surface area contributed by atoms with E-state index in [4.69, 9.17) is 14.1 Å². The fraction of sp³-hybridized carbons (Fsp3) is 0.579. The van der Waals surface area contributed by atoms with Crippen LogP contribution >= 0.6 is 11.3 Å². The summed E-state index contributed by atoms with van der Waals surface area (Å²) in [5.74, 6) is 1.66. The van der Waals surface area contributed by atoms with Crippen molar-refractivity contribution in [3.8, 4) is 0 Å². The van der Waals surface area contributed by atoms with E-state index in [1.54, 1.807) is 11.1 Å². The van der Waals surface area contributed by atoms with E-state index in [0.29, 0.717) is 37.1 Å². The Balaban J connectivity index is 1.26. The number of aromatic nitrogens is 2. The van der Waals surface area contributed by atoms with Crippen molar-refractivity contribution in [2.45, 2.75) is 38.1 Å². The van der Waals surface area contributed by atoms with Crippen LogP contribution in [-0.2, 0) is 27.3 Å². The Kier molecular flexibility index (Phi) is 4.64. The zero-order chi connectivity index (χ0) is 19.1. The van der Waals surface area contributed by atoms with Gasteiger partial charge in [0.2, 0.25) is 11.8 Å². The third-order valence-corrected chi connectivity index (χ3v) is 6.55. The van der Waals surface area contributed by atoms with Crippen molar-refractivity contribution in [2.24, 2.45) is 5.92 Å². The summed E-state index contributed by atoms with van der Waals surface area (Å²) in [5, 5.41) is 2.50. The molecular weight excluding hydrogens is 380 g/mol. The minimum Gasteiger partial charge on any atom is -0.445 e. The predicted octanol–water partition coefficient (Wildman–Crippen LogP) is 1.96. The van der Waals surface area contributed by atoms with E-state index in [-0.39, 0.29) is 24.2 Å². The Hall–Kier alpha value is -2.26. The largest absolute Gasteiger partial charge is 0.445 e. The molecule has 148 valence electrons. The summed E-state index contributed by atoms with van der Waals surface area (Å²) in [6.07, 6.45) is 4.45. The SMILES string of the molecule is O=C(C1CC(=O)N(c2nccs2)C1)N1CCc2oc(C3CCOCC3)nc2C1. The molecule has 8 nitrogen and oxygen atoms in total. The summed E-state index contributed by atoms with van der Waals surface area (Å²) in [5.41, 5.74) is 0.863. The lowest BCUT2D eigenvalue weighted by Crippen LogP contribution is -2.40. The van der Waals surface area contributed by atoms with Gasteiger partial charge in [-0.2, -0.15) is 0 Å². The standard InChI is InChI=1S/C19H22N4O4S/c24-16-9-13(10-23(16)19-20-4-8-28-19)18(25)22-5-1-15-14(11-22)21-17(27-15)12-2-6-26-7-3-12/h4,8,12-13H,1-3,5-7,9-11H2. The zero-order valence-corrected chi connectivity index (χ0v) is 16.3. The lowest BCUT2D eigenvalue weighted by molar-refractivity contribution is -0.136. The maximum Gasteiger partial charge on any atom is 0.229 e. The number of carbonyl (C=O) groups excluding carboxylic acids is 2. The highest BCUT2D eigenvalue weighted by Gasteiger charge is 2.39. The van der Waals surface area contributed by atoms with Gasteiger partial charge < -0.3 is 14.1 Å². The monoisotopic (exact) mass is 402 g/mol. The van der Waals surface area contributed by atoms with Gasteiger partial charge in [0.25, 0.3) is 0 Å². The molecule has 2 amide bonds. The van der Waals surface area contributed by atoms with Crippen molar-refractivity contribution < 1.29 is 18.7 Å². The molecule has 2 saturated heterocycles. The molecular formula is C19H22N4O4S. The van der Waals surface area contributed by atoms with E-state index in [2.05, 4.69) is 4.98 Å². The smallest absolute Gasteiger partial charge is 0.229 e. The topological polar surface area (TPSA) is 88.8 Å². The van der Waals surface area contributed by atoms with Crippen molar-refractivity contribution in [3.05, 3.63) is 28.9 Å². The molecule has 0 N–H and O–H groups in total. The molecule has 5 rings (SSSR count). The number of hydrogen-bond acceptors (Lipinski definition) is 7. The highest BCUT2D eigenvalue weighted by Crippen LogP contribution is 2.32. The Bertz CT molecular complexity index is 875. The number of oxazole rings is 1. The number of rotatable bonds is 3. The molecule has 2 aromatic heterocycles. The van der Waals surface area contributed by atoms with Crippen LogP contribution in [-0.4, -0.2) is 53.0 Å². The van der Waals surface area contributed by atoms with Gasteiger partial charge >= 0.3 is 0 Å². The molecule has 3 aliphatic rings. The van der Waals surface area contributed by atoms with Gasteiger partial charge in [0.1, 0.15) is 11.5 Å². The number of amides is 2. The van der Waals surface area contributed by atoms with E-state index in [1.165, 1.54) is 11.3 Å². The molecule has 2 aromatic rings. The summed E-state index contributed by atoms with van der Waals surface area (Å²) in [4.78, 5) is 37.7. The molecule has 3 aliphatic heterocycles. The molecule has 1 unspecified atom stereocenters. The molecule has 2 fully saturated rings. The second-order valence-electron chi connectivity index (χ2n) is 7.54. The van der Waals surface area contributed by atoms with Crippen molar-refractivity contribution >= 4 is 28.3 Å².